The smallest absolute Gasteiger partial charge is 0.317 e. The molecule has 1 unspecified atom stereocenters. The molecule has 0 spiro atoms. The summed E-state index contributed by atoms with van der Waals surface area (Å²) in [5, 5.41) is 3.55. The number of amides is 2. The Kier molecular flexibility index (Phi) is 3.70. The number of nitrogens with zero attached hydrogens (tertiary/aromatic N) is 1. The summed E-state index contributed by atoms with van der Waals surface area (Å²) in [6.45, 7) is 9.93. The molecule has 0 aromatic rings. The van der Waals surface area contributed by atoms with E-state index in [0.29, 0.717) is 5.25 Å². The number of carbonyl (C=O) groups excluding carboxylic acids is 1. The van der Waals surface area contributed by atoms with E-state index >= 15 is 0 Å². The summed E-state index contributed by atoms with van der Waals surface area (Å²) in [7, 11) is 0. The lowest BCUT2D eigenvalue weighted by Crippen LogP contribution is -2.51. The average molecular weight is 216 g/mol. The molecule has 1 fully saturated rings. The van der Waals surface area contributed by atoms with E-state index in [0.717, 1.165) is 18.8 Å². The molecule has 3 nitrogen and oxygen atoms in total. The molecule has 1 aliphatic heterocycles. The Morgan fingerprint density at radius 1 is 1.50 bits per heavy atom. The molecule has 0 saturated carbocycles. The summed E-state index contributed by atoms with van der Waals surface area (Å²) < 4.78 is 0. The van der Waals surface area contributed by atoms with E-state index in [4.69, 9.17) is 0 Å². The number of rotatable bonds is 0. The van der Waals surface area contributed by atoms with Crippen LogP contribution < -0.4 is 5.32 Å². The summed E-state index contributed by atoms with van der Waals surface area (Å²) in [6, 6.07) is 0.0738. The molecule has 0 aromatic carbocycles. The lowest BCUT2D eigenvalue weighted by molar-refractivity contribution is 0.191. The average Bonchev–Trinajstić information content (AvgIpc) is 2.01. The van der Waals surface area contributed by atoms with Gasteiger partial charge in [0, 0.05) is 29.6 Å². The van der Waals surface area contributed by atoms with Crippen molar-refractivity contribution in [2.24, 2.45) is 0 Å². The monoisotopic (exact) mass is 216 g/mol. The van der Waals surface area contributed by atoms with Gasteiger partial charge in [-0.3, -0.25) is 0 Å². The fourth-order valence-corrected chi connectivity index (χ4v) is 2.42. The van der Waals surface area contributed by atoms with Gasteiger partial charge in [0.1, 0.15) is 0 Å². The summed E-state index contributed by atoms with van der Waals surface area (Å²) in [5.41, 5.74) is -0.134. The molecule has 1 rings (SSSR count). The predicted molar refractivity (Wildman–Crippen MR) is 61.8 cm³/mol. The van der Waals surface area contributed by atoms with Gasteiger partial charge in [-0.15, -0.1) is 0 Å². The third-order valence-corrected chi connectivity index (χ3v) is 3.15. The van der Waals surface area contributed by atoms with Crippen LogP contribution >= 0.6 is 11.8 Å². The number of hydrogen-bond donors (Lipinski definition) is 1. The van der Waals surface area contributed by atoms with Crippen molar-refractivity contribution in [2.75, 3.05) is 18.8 Å². The van der Waals surface area contributed by atoms with Gasteiger partial charge in [0.05, 0.1) is 0 Å². The predicted octanol–water partition coefficient (Wildman–Crippen LogP) is 1.93. The normalized spacial score (nSPS) is 23.4. The molecule has 0 bridgehead atoms. The van der Waals surface area contributed by atoms with E-state index in [9.17, 15) is 4.79 Å². The molecular formula is C10H20N2OS. The maximum atomic E-state index is 11.8. The molecule has 1 atom stereocenters. The number of nitrogens with one attached hydrogen (secondary N) is 1. The molecule has 1 N–H and O–H groups in total. The Bertz CT molecular complexity index is 213. The summed E-state index contributed by atoms with van der Waals surface area (Å²) in [4.78, 5) is 13.7. The van der Waals surface area contributed by atoms with Crippen molar-refractivity contribution in [2.45, 2.75) is 38.5 Å². The highest BCUT2D eigenvalue weighted by atomic mass is 32.2. The highest BCUT2D eigenvalue weighted by Gasteiger charge is 2.23. The Morgan fingerprint density at radius 2 is 2.14 bits per heavy atom. The first-order valence-electron chi connectivity index (χ1n) is 5.07. The van der Waals surface area contributed by atoms with Gasteiger partial charge in [-0.25, -0.2) is 4.79 Å². The first kappa shape index (κ1) is 11.7. The van der Waals surface area contributed by atoms with Crippen molar-refractivity contribution < 1.29 is 4.79 Å². The summed E-state index contributed by atoms with van der Waals surface area (Å²) in [5.74, 6) is 1.05. The highest BCUT2D eigenvalue weighted by Crippen LogP contribution is 2.18. The van der Waals surface area contributed by atoms with Crippen molar-refractivity contribution >= 4 is 17.8 Å². The first-order chi connectivity index (χ1) is 6.38. The van der Waals surface area contributed by atoms with E-state index in [-0.39, 0.29) is 11.6 Å². The zero-order valence-electron chi connectivity index (χ0n) is 9.46. The molecule has 14 heavy (non-hydrogen) atoms. The second-order valence-electron chi connectivity index (χ2n) is 4.81. The van der Waals surface area contributed by atoms with E-state index in [1.807, 2.05) is 37.4 Å². The van der Waals surface area contributed by atoms with Gasteiger partial charge >= 0.3 is 6.03 Å². The zero-order chi connectivity index (χ0) is 10.8. The van der Waals surface area contributed by atoms with Gasteiger partial charge in [0.2, 0.25) is 0 Å². The van der Waals surface area contributed by atoms with Crippen LogP contribution in [0, 0.1) is 0 Å². The standard InChI is InChI=1S/C10H20N2OS/c1-8-7-12(5-6-14-8)9(13)11-10(2,3)4/h8H,5-7H2,1-4H3,(H,11,13). The van der Waals surface area contributed by atoms with Gasteiger partial charge in [-0.2, -0.15) is 11.8 Å². The van der Waals surface area contributed by atoms with E-state index < -0.39 is 0 Å². The van der Waals surface area contributed by atoms with Crippen molar-refractivity contribution in [3.05, 3.63) is 0 Å². The lowest BCUT2D eigenvalue weighted by atomic mass is 10.1. The second kappa shape index (κ2) is 4.43. The van der Waals surface area contributed by atoms with Crippen molar-refractivity contribution in [1.29, 1.82) is 0 Å². The fourth-order valence-electron chi connectivity index (χ4n) is 1.40. The van der Waals surface area contributed by atoms with Gasteiger partial charge in [0.15, 0.2) is 0 Å². The van der Waals surface area contributed by atoms with Gasteiger partial charge < -0.3 is 10.2 Å². The summed E-state index contributed by atoms with van der Waals surface area (Å²) in [6.07, 6.45) is 0. The third kappa shape index (κ3) is 3.78. The van der Waals surface area contributed by atoms with Gasteiger partial charge in [-0.05, 0) is 20.8 Å². The largest absolute Gasteiger partial charge is 0.333 e. The Morgan fingerprint density at radius 3 is 2.64 bits per heavy atom. The topological polar surface area (TPSA) is 32.3 Å². The molecule has 4 heteroatoms. The van der Waals surface area contributed by atoms with Crippen molar-refractivity contribution in [3.8, 4) is 0 Å². The maximum Gasteiger partial charge on any atom is 0.317 e. The summed E-state index contributed by atoms with van der Waals surface area (Å²) >= 11 is 1.94. The minimum absolute atomic E-state index is 0.0738. The van der Waals surface area contributed by atoms with Crippen LogP contribution in [0.1, 0.15) is 27.7 Å². The van der Waals surface area contributed by atoms with E-state index in [1.165, 1.54) is 0 Å². The minimum Gasteiger partial charge on any atom is -0.333 e. The molecule has 2 amide bonds. The maximum absolute atomic E-state index is 11.8. The molecule has 82 valence electrons. The molecule has 1 saturated heterocycles. The van der Waals surface area contributed by atoms with Crippen LogP contribution in [0.5, 0.6) is 0 Å². The Hall–Kier alpha value is -0.380. The number of hydrogen-bond acceptors (Lipinski definition) is 2. The van der Waals surface area contributed by atoms with Gasteiger partial charge in [-0.1, -0.05) is 6.92 Å². The molecule has 1 aliphatic rings. The number of urea groups is 1. The molecule has 0 radical (unpaired) electrons. The molecular weight excluding hydrogens is 196 g/mol. The van der Waals surface area contributed by atoms with Crippen molar-refractivity contribution in [3.63, 3.8) is 0 Å². The highest BCUT2D eigenvalue weighted by molar-refractivity contribution is 7.99. The van der Waals surface area contributed by atoms with Crippen molar-refractivity contribution in [1.82, 2.24) is 10.2 Å². The number of thioether (sulfide) groups is 1. The van der Waals surface area contributed by atoms with Gasteiger partial charge in [0.25, 0.3) is 0 Å². The third-order valence-electron chi connectivity index (χ3n) is 2.01. The Labute approximate surface area is 90.6 Å². The minimum atomic E-state index is -0.134. The van der Waals surface area contributed by atoms with Crippen LogP contribution in [0.4, 0.5) is 4.79 Å². The van der Waals surface area contributed by atoms with Crippen LogP contribution in [0.3, 0.4) is 0 Å². The lowest BCUT2D eigenvalue weighted by Gasteiger charge is -2.33. The quantitative estimate of drug-likeness (QED) is 0.671. The molecule has 0 aliphatic carbocycles. The van der Waals surface area contributed by atoms with Crippen LogP contribution in [0.2, 0.25) is 0 Å². The molecule has 0 aromatic heterocycles. The van der Waals surface area contributed by atoms with Crippen LogP contribution in [0.15, 0.2) is 0 Å². The first-order valence-corrected chi connectivity index (χ1v) is 6.12. The van der Waals surface area contributed by atoms with E-state index in [2.05, 4.69) is 12.2 Å². The van der Waals surface area contributed by atoms with Crippen LogP contribution in [-0.2, 0) is 0 Å². The molecule has 1 heterocycles. The zero-order valence-corrected chi connectivity index (χ0v) is 10.3. The van der Waals surface area contributed by atoms with Crippen LogP contribution in [-0.4, -0.2) is 40.6 Å². The Balaban J connectivity index is 2.44. The SMILES string of the molecule is CC1CN(C(=O)NC(C)(C)C)CCS1. The fraction of sp³-hybridized carbons (Fsp3) is 0.900. The number of carbonyl (C=O) groups is 1. The van der Waals surface area contributed by atoms with E-state index in [1.54, 1.807) is 0 Å². The second-order valence-corrected chi connectivity index (χ2v) is 6.35. The van der Waals surface area contributed by atoms with Crippen LogP contribution in [0.25, 0.3) is 0 Å².